The van der Waals surface area contributed by atoms with Crippen molar-refractivity contribution in [2.24, 2.45) is 0 Å². The van der Waals surface area contributed by atoms with Crippen LogP contribution in [-0.4, -0.2) is 56.0 Å². The summed E-state index contributed by atoms with van der Waals surface area (Å²) in [6.45, 7) is 4.85. The summed E-state index contributed by atoms with van der Waals surface area (Å²) in [5.74, 6) is 1.53. The molecule has 10 nitrogen and oxygen atoms in total. The summed E-state index contributed by atoms with van der Waals surface area (Å²) < 4.78 is 1.79. The molecular weight excluding hydrogens is 430 g/mol. The Morgan fingerprint density at radius 1 is 1.19 bits per heavy atom. The van der Waals surface area contributed by atoms with Crippen LogP contribution in [0, 0.1) is 10.1 Å². The Balaban J connectivity index is 1.48. The third kappa shape index (κ3) is 4.82. The monoisotopic (exact) mass is 455 g/mol. The van der Waals surface area contributed by atoms with Gasteiger partial charge in [0.2, 0.25) is 0 Å². The zero-order valence-corrected chi connectivity index (χ0v) is 18.7. The van der Waals surface area contributed by atoms with Gasteiger partial charge in [0.25, 0.3) is 11.6 Å². The van der Waals surface area contributed by atoms with Gasteiger partial charge in [-0.15, -0.1) is 0 Å². The third-order valence-electron chi connectivity index (χ3n) is 5.33. The van der Waals surface area contributed by atoms with Crippen molar-refractivity contribution in [1.82, 2.24) is 25.1 Å². The average molecular weight is 456 g/mol. The minimum atomic E-state index is -0.490. The molecular formula is C21H25N7O3S. The fourth-order valence-electron chi connectivity index (χ4n) is 3.74. The molecule has 11 heteroatoms. The highest BCUT2D eigenvalue weighted by molar-refractivity contribution is 7.99. The molecule has 1 N–H and O–H groups in total. The number of rotatable bonds is 8. The second-order valence-electron chi connectivity index (χ2n) is 7.48. The number of hydrogen-bond acceptors (Lipinski definition) is 8. The molecule has 0 radical (unpaired) electrons. The van der Waals surface area contributed by atoms with Crippen molar-refractivity contribution in [3.8, 4) is 0 Å². The average Bonchev–Trinajstić information content (AvgIpc) is 3.22. The lowest BCUT2D eigenvalue weighted by molar-refractivity contribution is -0.384. The number of non-ortho nitro benzene ring substituents is 1. The lowest BCUT2D eigenvalue weighted by Crippen LogP contribution is -2.30. The molecule has 0 bridgehead atoms. The highest BCUT2D eigenvalue weighted by atomic mass is 32.2. The number of amides is 1. The number of nitro groups is 1. The zero-order valence-electron chi connectivity index (χ0n) is 17.9. The number of thioether (sulfide) groups is 1. The van der Waals surface area contributed by atoms with Gasteiger partial charge < -0.3 is 10.2 Å². The van der Waals surface area contributed by atoms with Crippen LogP contribution in [0.4, 0.5) is 11.5 Å². The van der Waals surface area contributed by atoms with Crippen molar-refractivity contribution in [2.45, 2.75) is 37.9 Å². The summed E-state index contributed by atoms with van der Waals surface area (Å²) in [7, 11) is 0. The van der Waals surface area contributed by atoms with Crippen LogP contribution in [0.3, 0.4) is 0 Å². The van der Waals surface area contributed by atoms with E-state index in [1.165, 1.54) is 30.7 Å². The maximum absolute atomic E-state index is 12.4. The van der Waals surface area contributed by atoms with Gasteiger partial charge in [-0.1, -0.05) is 18.7 Å². The van der Waals surface area contributed by atoms with Crippen molar-refractivity contribution >= 4 is 40.2 Å². The molecule has 0 saturated carbocycles. The summed E-state index contributed by atoms with van der Waals surface area (Å²) in [5.41, 5.74) is 1.09. The second-order valence-corrected chi connectivity index (χ2v) is 8.71. The number of fused-ring (bicyclic) bond motifs is 1. The predicted molar refractivity (Wildman–Crippen MR) is 123 cm³/mol. The lowest BCUT2D eigenvalue weighted by Gasteiger charge is -2.28. The van der Waals surface area contributed by atoms with Crippen LogP contribution in [-0.2, 0) is 6.54 Å². The van der Waals surface area contributed by atoms with Crippen LogP contribution in [0.5, 0.6) is 0 Å². The molecule has 168 valence electrons. The first-order valence-electron chi connectivity index (χ1n) is 10.7. The van der Waals surface area contributed by atoms with E-state index in [-0.39, 0.29) is 11.6 Å². The molecule has 0 unspecified atom stereocenters. The summed E-state index contributed by atoms with van der Waals surface area (Å²) in [6, 6.07) is 5.54. The topological polar surface area (TPSA) is 119 Å². The first kappa shape index (κ1) is 22.0. The van der Waals surface area contributed by atoms with Crippen LogP contribution in [0.15, 0.2) is 35.6 Å². The van der Waals surface area contributed by atoms with E-state index in [0.29, 0.717) is 18.7 Å². The molecule has 0 atom stereocenters. The highest BCUT2D eigenvalue weighted by Crippen LogP contribution is 2.29. The molecule has 32 heavy (non-hydrogen) atoms. The molecule has 2 aromatic heterocycles. The molecule has 0 spiro atoms. The maximum Gasteiger partial charge on any atom is 0.269 e. The van der Waals surface area contributed by atoms with E-state index < -0.39 is 4.92 Å². The smallest absolute Gasteiger partial charge is 0.269 e. The highest BCUT2D eigenvalue weighted by Gasteiger charge is 2.20. The number of carbonyl (C=O) groups is 1. The van der Waals surface area contributed by atoms with Gasteiger partial charge in [0.05, 0.1) is 23.1 Å². The number of piperidine rings is 1. The maximum atomic E-state index is 12.4. The van der Waals surface area contributed by atoms with Gasteiger partial charge in [-0.25, -0.2) is 14.6 Å². The van der Waals surface area contributed by atoms with Crippen molar-refractivity contribution in [3.63, 3.8) is 0 Å². The second kappa shape index (κ2) is 9.94. The van der Waals surface area contributed by atoms with Gasteiger partial charge in [-0.05, 0) is 37.1 Å². The van der Waals surface area contributed by atoms with Gasteiger partial charge >= 0.3 is 0 Å². The predicted octanol–water partition coefficient (Wildman–Crippen LogP) is 3.27. The third-order valence-corrected chi connectivity index (χ3v) is 6.06. The van der Waals surface area contributed by atoms with Crippen LogP contribution in [0.2, 0.25) is 0 Å². The quantitative estimate of drug-likeness (QED) is 0.238. The van der Waals surface area contributed by atoms with Gasteiger partial charge in [0.1, 0.15) is 5.82 Å². The Morgan fingerprint density at radius 2 is 1.94 bits per heavy atom. The van der Waals surface area contributed by atoms with Crippen LogP contribution in [0.1, 0.15) is 36.5 Å². The first-order valence-corrected chi connectivity index (χ1v) is 11.7. The number of carbonyl (C=O) groups excluding carboxylic acids is 1. The minimum absolute atomic E-state index is 0.0468. The molecule has 0 aliphatic carbocycles. The van der Waals surface area contributed by atoms with Gasteiger partial charge in [-0.3, -0.25) is 14.9 Å². The standard InChI is InChI=1S/C21H25N7O3S/c1-2-32-21-24-18(26-11-4-3-5-12-26)17-14-23-27(19(17)25-21)13-10-22-20(29)15-6-8-16(9-7-15)28(30)31/h6-9,14H,2-5,10-13H2,1H3,(H,22,29). The van der Waals surface area contributed by atoms with E-state index >= 15 is 0 Å². The van der Waals surface area contributed by atoms with Gasteiger partial charge in [-0.2, -0.15) is 5.10 Å². The van der Waals surface area contributed by atoms with E-state index in [1.807, 2.05) is 0 Å². The van der Waals surface area contributed by atoms with E-state index in [4.69, 9.17) is 9.97 Å². The summed E-state index contributed by atoms with van der Waals surface area (Å²) >= 11 is 1.60. The zero-order chi connectivity index (χ0) is 22.5. The molecule has 1 fully saturated rings. The van der Waals surface area contributed by atoms with E-state index in [0.717, 1.165) is 53.7 Å². The molecule has 1 amide bonds. The minimum Gasteiger partial charge on any atom is -0.356 e. The number of nitrogens with one attached hydrogen (secondary N) is 1. The molecule has 4 rings (SSSR count). The van der Waals surface area contributed by atoms with Crippen molar-refractivity contribution in [2.75, 3.05) is 30.3 Å². The fraction of sp³-hybridized carbons (Fsp3) is 0.429. The van der Waals surface area contributed by atoms with Crippen LogP contribution < -0.4 is 10.2 Å². The van der Waals surface area contributed by atoms with Crippen molar-refractivity contribution in [1.29, 1.82) is 0 Å². The summed E-state index contributed by atoms with van der Waals surface area (Å²) in [5, 5.41) is 19.8. The van der Waals surface area contributed by atoms with E-state index in [9.17, 15) is 14.9 Å². The van der Waals surface area contributed by atoms with E-state index in [1.54, 1.807) is 22.6 Å². The number of nitrogens with zero attached hydrogens (tertiary/aromatic N) is 6. The lowest BCUT2D eigenvalue weighted by atomic mass is 10.1. The van der Waals surface area contributed by atoms with Crippen LogP contribution >= 0.6 is 11.8 Å². The molecule has 1 saturated heterocycles. The number of hydrogen-bond donors (Lipinski definition) is 1. The van der Waals surface area contributed by atoms with Gasteiger partial charge in [0.15, 0.2) is 10.8 Å². The molecule has 3 aromatic rings. The van der Waals surface area contributed by atoms with Crippen molar-refractivity contribution in [3.05, 3.63) is 46.1 Å². The molecule has 1 aliphatic heterocycles. The first-order chi connectivity index (χ1) is 15.6. The number of benzene rings is 1. The number of anilines is 1. The Kier molecular flexibility index (Phi) is 6.84. The van der Waals surface area contributed by atoms with Gasteiger partial charge in [0, 0.05) is 37.3 Å². The number of nitro benzene ring substituents is 1. The van der Waals surface area contributed by atoms with Crippen molar-refractivity contribution < 1.29 is 9.72 Å². The largest absolute Gasteiger partial charge is 0.356 e. The normalized spacial score (nSPS) is 14.0. The Hall–Kier alpha value is -3.21. The summed E-state index contributed by atoms with van der Waals surface area (Å²) in [6.07, 6.45) is 5.36. The Morgan fingerprint density at radius 3 is 2.62 bits per heavy atom. The SMILES string of the molecule is CCSc1nc(N2CCCCC2)c2cnn(CCNC(=O)c3ccc([N+](=O)[O-])cc3)c2n1. The Bertz CT molecular complexity index is 1110. The molecule has 1 aromatic carbocycles. The van der Waals surface area contributed by atoms with Crippen LogP contribution in [0.25, 0.3) is 11.0 Å². The Labute approximate surface area is 189 Å². The number of aromatic nitrogens is 4. The molecule has 1 aliphatic rings. The fourth-order valence-corrected chi connectivity index (χ4v) is 4.30. The van der Waals surface area contributed by atoms with E-state index in [2.05, 4.69) is 22.2 Å². The molecule has 3 heterocycles. The summed E-state index contributed by atoms with van der Waals surface area (Å²) in [4.78, 5) is 34.5.